The summed E-state index contributed by atoms with van der Waals surface area (Å²) >= 11 is 0. The van der Waals surface area contributed by atoms with E-state index in [0.717, 1.165) is 6.42 Å². The van der Waals surface area contributed by atoms with Crippen molar-refractivity contribution in [2.45, 2.75) is 64.0 Å². The van der Waals surface area contributed by atoms with E-state index in [0.29, 0.717) is 18.5 Å². The molecule has 1 saturated heterocycles. The Bertz CT molecular complexity index is 1190. The van der Waals surface area contributed by atoms with E-state index in [4.69, 9.17) is 0 Å². The number of benzene rings is 1. The van der Waals surface area contributed by atoms with E-state index in [1.54, 1.807) is 4.90 Å². The van der Waals surface area contributed by atoms with Crippen molar-refractivity contribution < 1.29 is 37.4 Å². The minimum atomic E-state index is -4.71. The van der Waals surface area contributed by atoms with Crippen LogP contribution in [-0.2, 0) is 30.4 Å². The quantitative estimate of drug-likeness (QED) is 0.430. The normalized spacial score (nSPS) is 19.9. The summed E-state index contributed by atoms with van der Waals surface area (Å²) in [7, 11) is 0. The van der Waals surface area contributed by atoms with Gasteiger partial charge in [0.1, 0.15) is 17.9 Å². The SMILES string of the molecule is C[C@@H]1CCC(=O)N(C[C@H](CC(O)N2CCc3c(nc(Cc4ccc(F)cc4)nc3C(F)(F)F)C2)NC(=O)O)C1. The van der Waals surface area contributed by atoms with Gasteiger partial charge in [0, 0.05) is 51.0 Å². The summed E-state index contributed by atoms with van der Waals surface area (Å²) in [6.07, 6.45) is -6.25. The van der Waals surface area contributed by atoms with Crippen LogP contribution in [0.3, 0.4) is 0 Å². The van der Waals surface area contributed by atoms with Crippen LogP contribution in [0.1, 0.15) is 54.5 Å². The lowest BCUT2D eigenvalue weighted by Crippen LogP contribution is -2.51. The molecule has 1 aromatic heterocycles. The number of nitrogens with one attached hydrogen (secondary N) is 1. The summed E-state index contributed by atoms with van der Waals surface area (Å²) < 4.78 is 54.9. The number of amides is 2. The average Bonchev–Trinajstić information content (AvgIpc) is 2.85. The van der Waals surface area contributed by atoms with E-state index in [1.165, 1.54) is 29.2 Å². The molecule has 1 fully saturated rings. The number of halogens is 4. The Kier molecular flexibility index (Phi) is 8.70. The summed E-state index contributed by atoms with van der Waals surface area (Å²) in [5.74, 6) is -0.368. The number of likely N-dealkylation sites (tertiary alicyclic amines) is 1. The third-order valence-corrected chi connectivity index (χ3v) is 7.11. The lowest BCUT2D eigenvalue weighted by molar-refractivity contribution is -0.142. The van der Waals surface area contributed by atoms with Crippen LogP contribution in [0.4, 0.5) is 22.4 Å². The second-order valence-corrected chi connectivity index (χ2v) is 10.2. The first-order valence-corrected chi connectivity index (χ1v) is 12.8. The van der Waals surface area contributed by atoms with Crippen LogP contribution >= 0.6 is 0 Å². The van der Waals surface area contributed by atoms with Gasteiger partial charge >= 0.3 is 12.3 Å². The molecule has 3 heterocycles. The summed E-state index contributed by atoms with van der Waals surface area (Å²) in [5, 5.41) is 22.6. The van der Waals surface area contributed by atoms with Crippen LogP contribution in [0.2, 0.25) is 0 Å². The smallest absolute Gasteiger partial charge is 0.433 e. The molecule has 3 N–H and O–H groups in total. The highest BCUT2D eigenvalue weighted by atomic mass is 19.4. The van der Waals surface area contributed by atoms with E-state index in [9.17, 15) is 37.4 Å². The van der Waals surface area contributed by atoms with Crippen LogP contribution in [0.15, 0.2) is 24.3 Å². The van der Waals surface area contributed by atoms with E-state index in [2.05, 4.69) is 15.3 Å². The lowest BCUT2D eigenvalue weighted by atomic mass is 9.98. The number of fused-ring (bicyclic) bond motifs is 1. The van der Waals surface area contributed by atoms with Crippen molar-refractivity contribution in [1.82, 2.24) is 25.1 Å². The van der Waals surface area contributed by atoms with Gasteiger partial charge in [-0.05, 0) is 36.5 Å². The molecule has 3 atom stereocenters. The number of aliphatic hydroxyl groups is 1. The number of alkyl halides is 3. The number of hydrogen-bond donors (Lipinski definition) is 3. The van der Waals surface area contributed by atoms with Gasteiger partial charge in [0.05, 0.1) is 11.7 Å². The Morgan fingerprint density at radius 3 is 2.59 bits per heavy atom. The fourth-order valence-electron chi connectivity index (χ4n) is 5.15. The molecule has 0 spiro atoms. The minimum absolute atomic E-state index is 0.0356. The second kappa shape index (κ2) is 11.8. The maximum atomic E-state index is 13.9. The number of carbonyl (C=O) groups is 2. The van der Waals surface area contributed by atoms with Gasteiger partial charge in [0.15, 0.2) is 5.69 Å². The van der Waals surface area contributed by atoms with Gasteiger partial charge in [-0.25, -0.2) is 19.2 Å². The van der Waals surface area contributed by atoms with Crippen molar-refractivity contribution in [3.8, 4) is 0 Å². The topological polar surface area (TPSA) is 119 Å². The Hall–Kier alpha value is -3.32. The Balaban J connectivity index is 1.51. The van der Waals surface area contributed by atoms with E-state index in [-0.39, 0.29) is 67.8 Å². The number of rotatable bonds is 8. The zero-order valence-electron chi connectivity index (χ0n) is 21.4. The molecule has 2 aliphatic heterocycles. The van der Waals surface area contributed by atoms with Crippen LogP contribution in [-0.4, -0.2) is 73.9 Å². The first-order chi connectivity index (χ1) is 18.4. The largest absolute Gasteiger partial charge is 0.465 e. The molecule has 2 amide bonds. The van der Waals surface area contributed by atoms with Gasteiger partial charge in [0.25, 0.3) is 0 Å². The number of carbonyl (C=O) groups excluding carboxylic acids is 1. The highest BCUT2D eigenvalue weighted by Crippen LogP contribution is 2.34. The number of aliphatic hydroxyl groups excluding tert-OH is 1. The Labute approximate surface area is 222 Å². The molecule has 2 aliphatic rings. The predicted octanol–water partition coefficient (Wildman–Crippen LogP) is 3.19. The molecule has 9 nitrogen and oxygen atoms in total. The Morgan fingerprint density at radius 1 is 1.21 bits per heavy atom. The molecule has 0 bridgehead atoms. The predicted molar refractivity (Wildman–Crippen MR) is 131 cm³/mol. The van der Waals surface area contributed by atoms with Gasteiger partial charge in [-0.2, -0.15) is 13.2 Å². The summed E-state index contributed by atoms with van der Waals surface area (Å²) in [4.78, 5) is 35.0. The number of carboxylic acid groups (broad SMARTS) is 1. The highest BCUT2D eigenvalue weighted by Gasteiger charge is 2.39. The first-order valence-electron chi connectivity index (χ1n) is 12.8. The second-order valence-electron chi connectivity index (χ2n) is 10.2. The maximum absolute atomic E-state index is 13.9. The van der Waals surface area contributed by atoms with Crippen molar-refractivity contribution >= 4 is 12.0 Å². The van der Waals surface area contributed by atoms with E-state index in [1.807, 2.05) is 6.92 Å². The molecule has 212 valence electrons. The Morgan fingerprint density at radius 2 is 1.92 bits per heavy atom. The zero-order valence-corrected chi connectivity index (χ0v) is 21.4. The molecule has 4 rings (SSSR count). The fourth-order valence-corrected chi connectivity index (χ4v) is 5.15. The van der Waals surface area contributed by atoms with Crippen molar-refractivity contribution in [3.05, 3.63) is 58.4 Å². The van der Waals surface area contributed by atoms with Gasteiger partial charge in [0.2, 0.25) is 5.91 Å². The first kappa shape index (κ1) is 28.7. The molecule has 0 aliphatic carbocycles. The van der Waals surface area contributed by atoms with Crippen molar-refractivity contribution in [2.24, 2.45) is 5.92 Å². The molecule has 13 heteroatoms. The maximum Gasteiger partial charge on any atom is 0.433 e. The van der Waals surface area contributed by atoms with Crippen LogP contribution < -0.4 is 5.32 Å². The van der Waals surface area contributed by atoms with Crippen LogP contribution in [0.5, 0.6) is 0 Å². The molecular weight excluding hydrogens is 522 g/mol. The molecular formula is C26H31F4N5O4. The summed E-state index contributed by atoms with van der Waals surface area (Å²) in [5.41, 5.74) is -0.396. The molecule has 39 heavy (non-hydrogen) atoms. The molecule has 1 unspecified atom stereocenters. The minimum Gasteiger partial charge on any atom is -0.465 e. The third-order valence-electron chi connectivity index (χ3n) is 7.11. The number of hydrogen-bond acceptors (Lipinski definition) is 6. The van der Waals surface area contributed by atoms with E-state index < -0.39 is 36.1 Å². The highest BCUT2D eigenvalue weighted by molar-refractivity contribution is 5.77. The lowest BCUT2D eigenvalue weighted by Gasteiger charge is -2.37. The van der Waals surface area contributed by atoms with Crippen molar-refractivity contribution in [2.75, 3.05) is 19.6 Å². The number of nitrogens with zero attached hydrogens (tertiary/aromatic N) is 4. The molecule has 0 radical (unpaired) electrons. The molecule has 0 saturated carbocycles. The monoisotopic (exact) mass is 553 g/mol. The van der Waals surface area contributed by atoms with Gasteiger partial charge < -0.3 is 20.4 Å². The van der Waals surface area contributed by atoms with Crippen molar-refractivity contribution in [1.29, 1.82) is 0 Å². The average molecular weight is 554 g/mol. The standard InChI is InChI=1S/C26H31F4N5O4/c1-15-2-7-22(36)35(12-15)13-18(31-25(38)39)11-23(37)34-9-8-19-20(14-34)32-21(33-24(19)26(28,29)30)10-16-3-5-17(27)6-4-16/h3-6,15,18,23,31,37H,2,7-14H2,1H3,(H,38,39)/t15-,18+,23?/m1/s1. The molecule has 2 aromatic rings. The summed E-state index contributed by atoms with van der Waals surface area (Å²) in [6.45, 7) is 2.55. The number of piperidine rings is 1. The van der Waals surface area contributed by atoms with Crippen LogP contribution in [0, 0.1) is 11.7 Å². The molecule has 1 aromatic carbocycles. The van der Waals surface area contributed by atoms with Crippen molar-refractivity contribution in [3.63, 3.8) is 0 Å². The zero-order chi connectivity index (χ0) is 28.3. The summed E-state index contributed by atoms with van der Waals surface area (Å²) in [6, 6.07) is 4.53. The third kappa shape index (κ3) is 7.41. The number of aromatic nitrogens is 2. The van der Waals surface area contributed by atoms with E-state index >= 15 is 0 Å². The van der Waals surface area contributed by atoms with Crippen LogP contribution in [0.25, 0.3) is 0 Å². The van der Waals surface area contributed by atoms with Gasteiger partial charge in [-0.3, -0.25) is 9.69 Å². The van der Waals surface area contributed by atoms with Gasteiger partial charge in [-0.1, -0.05) is 19.1 Å². The fraction of sp³-hybridized carbons (Fsp3) is 0.538. The van der Waals surface area contributed by atoms with Gasteiger partial charge in [-0.15, -0.1) is 0 Å².